The lowest BCUT2D eigenvalue weighted by atomic mass is 10.0. The largest absolute Gasteiger partial charge is 0.409 e. The first-order valence-corrected chi connectivity index (χ1v) is 4.78. The fourth-order valence-corrected chi connectivity index (χ4v) is 1.03. The Morgan fingerprint density at radius 2 is 2.14 bits per heavy atom. The van der Waals surface area contributed by atoms with Crippen molar-refractivity contribution in [2.24, 2.45) is 22.7 Å². The zero-order valence-corrected chi connectivity index (χ0v) is 8.95. The minimum Gasteiger partial charge on any atom is -0.409 e. The lowest BCUT2D eigenvalue weighted by Crippen LogP contribution is -2.39. The number of hydrogen-bond donors (Lipinski definition) is 3. The van der Waals surface area contributed by atoms with E-state index in [1.165, 1.54) is 0 Å². The lowest BCUT2D eigenvalue weighted by Gasteiger charge is -2.14. The minimum absolute atomic E-state index is 0.0336. The van der Waals surface area contributed by atoms with Crippen LogP contribution in [0.15, 0.2) is 5.16 Å². The van der Waals surface area contributed by atoms with Crippen molar-refractivity contribution in [2.45, 2.75) is 27.2 Å². The smallest absolute Gasteiger partial charge is 0.230 e. The van der Waals surface area contributed by atoms with Gasteiger partial charge in [0.05, 0.1) is 5.92 Å². The number of hydrogen-bond acceptors (Lipinski definition) is 3. The molecule has 82 valence electrons. The Bertz CT molecular complexity index is 214. The van der Waals surface area contributed by atoms with E-state index in [-0.39, 0.29) is 11.7 Å². The van der Waals surface area contributed by atoms with E-state index < -0.39 is 5.92 Å². The van der Waals surface area contributed by atoms with Crippen LogP contribution in [0.3, 0.4) is 0 Å². The summed E-state index contributed by atoms with van der Waals surface area (Å²) in [5.41, 5.74) is 5.37. The molecule has 14 heavy (non-hydrogen) atoms. The van der Waals surface area contributed by atoms with Gasteiger partial charge in [0.25, 0.3) is 0 Å². The second kappa shape index (κ2) is 6.23. The van der Waals surface area contributed by atoms with E-state index in [0.717, 1.165) is 0 Å². The van der Waals surface area contributed by atoms with E-state index in [4.69, 9.17) is 10.9 Å². The molecule has 0 spiro atoms. The number of nitrogens with two attached hydrogens (primary N) is 1. The van der Waals surface area contributed by atoms with Crippen molar-refractivity contribution in [1.82, 2.24) is 5.32 Å². The van der Waals surface area contributed by atoms with Crippen LogP contribution in [0.1, 0.15) is 27.2 Å². The van der Waals surface area contributed by atoms with Gasteiger partial charge >= 0.3 is 0 Å². The minimum atomic E-state index is -0.529. The van der Waals surface area contributed by atoms with Gasteiger partial charge in [-0.2, -0.15) is 0 Å². The van der Waals surface area contributed by atoms with Crippen molar-refractivity contribution in [3.63, 3.8) is 0 Å². The molecule has 0 aromatic rings. The van der Waals surface area contributed by atoms with Gasteiger partial charge in [0, 0.05) is 6.54 Å². The highest BCUT2D eigenvalue weighted by Gasteiger charge is 2.20. The third-order valence-electron chi connectivity index (χ3n) is 1.88. The number of carbonyl (C=O) groups excluding carboxylic acids is 1. The van der Waals surface area contributed by atoms with Gasteiger partial charge in [-0.15, -0.1) is 0 Å². The monoisotopic (exact) mass is 201 g/mol. The number of carbonyl (C=O) groups is 1. The number of oxime groups is 1. The van der Waals surface area contributed by atoms with Crippen molar-refractivity contribution in [1.29, 1.82) is 0 Å². The maximum Gasteiger partial charge on any atom is 0.230 e. The van der Waals surface area contributed by atoms with Gasteiger partial charge in [-0.1, -0.05) is 25.9 Å². The molecule has 0 aliphatic carbocycles. The van der Waals surface area contributed by atoms with Crippen LogP contribution in [0.25, 0.3) is 0 Å². The number of rotatable bonds is 5. The third-order valence-corrected chi connectivity index (χ3v) is 1.88. The molecule has 0 aromatic heterocycles. The molecule has 1 amide bonds. The van der Waals surface area contributed by atoms with Gasteiger partial charge in [-0.05, 0) is 12.3 Å². The summed E-state index contributed by atoms with van der Waals surface area (Å²) in [6.07, 6.45) is 0.528. The van der Waals surface area contributed by atoms with Crippen molar-refractivity contribution in [3.05, 3.63) is 0 Å². The Morgan fingerprint density at radius 1 is 1.57 bits per heavy atom. The fourth-order valence-electron chi connectivity index (χ4n) is 1.03. The molecular formula is C9H19N3O2. The van der Waals surface area contributed by atoms with Gasteiger partial charge in [0.1, 0.15) is 0 Å². The molecule has 0 aromatic carbocycles. The van der Waals surface area contributed by atoms with E-state index in [9.17, 15) is 4.79 Å². The second-order valence-corrected chi connectivity index (χ2v) is 3.62. The maximum atomic E-state index is 11.5. The lowest BCUT2D eigenvalue weighted by molar-refractivity contribution is -0.123. The molecule has 0 bridgehead atoms. The van der Waals surface area contributed by atoms with E-state index in [1.54, 1.807) is 0 Å². The first kappa shape index (κ1) is 12.7. The van der Waals surface area contributed by atoms with Gasteiger partial charge < -0.3 is 16.3 Å². The highest BCUT2D eigenvalue weighted by atomic mass is 16.4. The Kier molecular flexibility index (Phi) is 5.67. The molecule has 0 rings (SSSR count). The normalized spacial score (nSPS) is 14.1. The SMILES string of the molecule is CCC(C(=O)NCC(C)C)C(N)=NO. The second-order valence-electron chi connectivity index (χ2n) is 3.62. The van der Waals surface area contributed by atoms with Gasteiger partial charge in [0.15, 0.2) is 5.84 Å². The fraction of sp³-hybridized carbons (Fsp3) is 0.778. The van der Waals surface area contributed by atoms with Crippen LogP contribution < -0.4 is 11.1 Å². The van der Waals surface area contributed by atoms with E-state index >= 15 is 0 Å². The summed E-state index contributed by atoms with van der Waals surface area (Å²) in [5.74, 6) is -0.354. The van der Waals surface area contributed by atoms with E-state index in [0.29, 0.717) is 18.9 Å². The number of nitrogens with zero attached hydrogens (tertiary/aromatic N) is 1. The van der Waals surface area contributed by atoms with Crippen molar-refractivity contribution >= 4 is 11.7 Å². The zero-order valence-electron chi connectivity index (χ0n) is 8.95. The van der Waals surface area contributed by atoms with E-state index in [1.807, 2.05) is 20.8 Å². The first-order chi connectivity index (χ1) is 6.52. The Hall–Kier alpha value is -1.26. The maximum absolute atomic E-state index is 11.5. The average Bonchev–Trinajstić information content (AvgIpc) is 2.15. The predicted octanol–water partition coefficient (Wildman–Crippen LogP) is 0.531. The van der Waals surface area contributed by atoms with Crippen molar-refractivity contribution in [3.8, 4) is 0 Å². The number of nitrogens with one attached hydrogen (secondary N) is 1. The summed E-state index contributed by atoms with van der Waals surface area (Å²) in [6, 6.07) is 0. The first-order valence-electron chi connectivity index (χ1n) is 4.78. The standard InChI is InChI=1S/C9H19N3O2/c1-4-7(8(10)12-14)9(13)11-5-6(2)3/h6-7,14H,4-5H2,1-3H3,(H2,10,12)(H,11,13). The highest BCUT2D eigenvalue weighted by Crippen LogP contribution is 2.03. The zero-order chi connectivity index (χ0) is 11.1. The van der Waals surface area contributed by atoms with Crippen LogP contribution in [0.4, 0.5) is 0 Å². The molecule has 1 unspecified atom stereocenters. The molecule has 0 heterocycles. The molecule has 0 aliphatic heterocycles. The molecule has 0 fully saturated rings. The Morgan fingerprint density at radius 3 is 2.50 bits per heavy atom. The van der Waals surface area contributed by atoms with Gasteiger partial charge in [-0.3, -0.25) is 4.79 Å². The molecule has 0 saturated carbocycles. The van der Waals surface area contributed by atoms with Crippen LogP contribution in [0, 0.1) is 11.8 Å². The Balaban J connectivity index is 4.19. The number of amides is 1. The third kappa shape index (κ3) is 4.11. The van der Waals surface area contributed by atoms with E-state index in [2.05, 4.69) is 10.5 Å². The van der Waals surface area contributed by atoms with Crippen LogP contribution in [-0.2, 0) is 4.79 Å². The topological polar surface area (TPSA) is 87.7 Å². The molecule has 0 aliphatic rings. The molecule has 1 atom stereocenters. The molecule has 5 nitrogen and oxygen atoms in total. The summed E-state index contributed by atoms with van der Waals surface area (Å²) >= 11 is 0. The summed E-state index contributed by atoms with van der Waals surface area (Å²) in [4.78, 5) is 11.5. The van der Waals surface area contributed by atoms with Crippen molar-refractivity contribution in [2.75, 3.05) is 6.54 Å². The van der Waals surface area contributed by atoms with Gasteiger partial charge in [-0.25, -0.2) is 0 Å². The van der Waals surface area contributed by atoms with Crippen LogP contribution in [-0.4, -0.2) is 23.5 Å². The highest BCUT2D eigenvalue weighted by molar-refractivity contribution is 6.01. The molecule has 0 radical (unpaired) electrons. The Labute approximate surface area is 84.4 Å². The van der Waals surface area contributed by atoms with Gasteiger partial charge in [0.2, 0.25) is 5.91 Å². The van der Waals surface area contributed by atoms with Crippen molar-refractivity contribution < 1.29 is 10.0 Å². The van der Waals surface area contributed by atoms with Crippen LogP contribution in [0.2, 0.25) is 0 Å². The number of amidine groups is 1. The van der Waals surface area contributed by atoms with Crippen LogP contribution in [0.5, 0.6) is 0 Å². The summed E-state index contributed by atoms with van der Waals surface area (Å²) < 4.78 is 0. The summed E-state index contributed by atoms with van der Waals surface area (Å²) in [6.45, 7) is 6.43. The molecule has 0 saturated heterocycles. The average molecular weight is 201 g/mol. The predicted molar refractivity (Wildman–Crippen MR) is 55.0 cm³/mol. The molecular weight excluding hydrogens is 182 g/mol. The van der Waals surface area contributed by atoms with Crippen LogP contribution >= 0.6 is 0 Å². The molecule has 4 N–H and O–H groups in total. The summed E-state index contributed by atoms with van der Waals surface area (Å²) in [7, 11) is 0. The summed E-state index contributed by atoms with van der Waals surface area (Å²) in [5, 5.41) is 14.0. The quantitative estimate of drug-likeness (QED) is 0.262. The molecule has 5 heteroatoms.